The molecule has 7 heteroatoms. The summed E-state index contributed by atoms with van der Waals surface area (Å²) in [5, 5.41) is 19.9. The highest BCUT2D eigenvalue weighted by atomic mass is 16.5. The van der Waals surface area contributed by atoms with E-state index in [1.807, 2.05) is 19.1 Å². The van der Waals surface area contributed by atoms with Crippen LogP contribution >= 0.6 is 0 Å². The van der Waals surface area contributed by atoms with Crippen molar-refractivity contribution in [3.8, 4) is 11.6 Å². The Bertz CT molecular complexity index is 756. The van der Waals surface area contributed by atoms with Gasteiger partial charge in [-0.2, -0.15) is 15.1 Å². The third-order valence-electron chi connectivity index (χ3n) is 2.96. The van der Waals surface area contributed by atoms with Crippen LogP contribution in [0.25, 0.3) is 11.0 Å². The summed E-state index contributed by atoms with van der Waals surface area (Å²) in [5.41, 5.74) is 1.29. The highest BCUT2D eigenvalue weighted by molar-refractivity contribution is 5.81. The maximum absolute atomic E-state index is 9.36. The van der Waals surface area contributed by atoms with Gasteiger partial charge in [-0.3, -0.25) is 5.10 Å². The van der Waals surface area contributed by atoms with Crippen LogP contribution in [0.4, 0.5) is 5.95 Å². The van der Waals surface area contributed by atoms with Gasteiger partial charge in [0.25, 0.3) is 0 Å². The first-order valence-electron chi connectivity index (χ1n) is 6.63. The molecule has 0 atom stereocenters. The van der Waals surface area contributed by atoms with Gasteiger partial charge in [0.2, 0.25) is 11.8 Å². The van der Waals surface area contributed by atoms with Gasteiger partial charge in [0, 0.05) is 12.1 Å². The molecule has 1 aromatic carbocycles. The Morgan fingerprint density at radius 3 is 2.95 bits per heavy atom. The molecule has 0 aliphatic carbocycles. The molecule has 0 aliphatic rings. The summed E-state index contributed by atoms with van der Waals surface area (Å²) in [7, 11) is 0. The number of nitrogens with zero attached hydrogens (tertiary/aromatic N) is 3. The maximum atomic E-state index is 9.36. The number of nitrogens with one attached hydrogen (secondary N) is 2. The largest absolute Gasteiger partial charge is 0.438 e. The SMILES string of the molecule is CCNc1nc(Oc2ccccc2CO)c2cn[nH]c2n1. The van der Waals surface area contributed by atoms with Crippen molar-refractivity contribution in [1.29, 1.82) is 0 Å². The number of aliphatic hydroxyl groups is 1. The van der Waals surface area contributed by atoms with Crippen molar-refractivity contribution in [3.05, 3.63) is 36.0 Å². The minimum Gasteiger partial charge on any atom is -0.438 e. The van der Waals surface area contributed by atoms with Gasteiger partial charge >= 0.3 is 0 Å². The van der Waals surface area contributed by atoms with Gasteiger partial charge < -0.3 is 15.2 Å². The lowest BCUT2D eigenvalue weighted by Gasteiger charge is -2.10. The minimum absolute atomic E-state index is 0.101. The molecule has 2 heterocycles. The van der Waals surface area contributed by atoms with Crippen molar-refractivity contribution < 1.29 is 9.84 Å². The standard InChI is InChI=1S/C14H15N5O2/c1-2-15-14-17-12-10(7-16-19-12)13(18-14)21-11-6-4-3-5-9(11)8-20/h3-7,20H,2,8H2,1H3,(H2,15,16,17,18,19). The number of anilines is 1. The fourth-order valence-electron chi connectivity index (χ4n) is 1.96. The zero-order valence-electron chi connectivity index (χ0n) is 11.5. The molecule has 0 amide bonds. The predicted octanol–water partition coefficient (Wildman–Crippen LogP) is 2.07. The zero-order chi connectivity index (χ0) is 14.7. The molecule has 3 aromatic rings. The lowest BCUT2D eigenvalue weighted by molar-refractivity contribution is 0.276. The van der Waals surface area contributed by atoms with E-state index in [9.17, 15) is 5.11 Å². The second-order valence-electron chi connectivity index (χ2n) is 4.38. The highest BCUT2D eigenvalue weighted by Crippen LogP contribution is 2.29. The van der Waals surface area contributed by atoms with Crippen LogP contribution in [0.3, 0.4) is 0 Å². The molecule has 0 saturated heterocycles. The van der Waals surface area contributed by atoms with Crippen LogP contribution in [0.5, 0.6) is 11.6 Å². The number of benzene rings is 1. The fraction of sp³-hybridized carbons (Fsp3) is 0.214. The number of ether oxygens (including phenoxy) is 1. The summed E-state index contributed by atoms with van der Waals surface area (Å²) in [6.07, 6.45) is 1.61. The average Bonchev–Trinajstić information content (AvgIpc) is 2.97. The summed E-state index contributed by atoms with van der Waals surface area (Å²) in [5.74, 6) is 1.42. The van der Waals surface area contributed by atoms with Gasteiger partial charge in [-0.15, -0.1) is 0 Å². The molecule has 108 valence electrons. The van der Waals surface area contributed by atoms with Crippen LogP contribution < -0.4 is 10.1 Å². The Hall–Kier alpha value is -2.67. The number of aliphatic hydroxyl groups excluding tert-OH is 1. The quantitative estimate of drug-likeness (QED) is 0.664. The molecule has 7 nitrogen and oxygen atoms in total. The molecular formula is C14H15N5O2. The molecule has 0 unspecified atom stereocenters. The molecular weight excluding hydrogens is 270 g/mol. The van der Waals surface area contributed by atoms with Crippen LogP contribution in [-0.4, -0.2) is 31.8 Å². The van der Waals surface area contributed by atoms with E-state index in [0.717, 1.165) is 0 Å². The van der Waals surface area contributed by atoms with Crippen molar-refractivity contribution in [1.82, 2.24) is 20.2 Å². The molecule has 2 aromatic heterocycles. The summed E-state index contributed by atoms with van der Waals surface area (Å²) >= 11 is 0. The van der Waals surface area contributed by atoms with E-state index < -0.39 is 0 Å². The van der Waals surface area contributed by atoms with Crippen LogP contribution in [0.1, 0.15) is 12.5 Å². The number of H-pyrrole nitrogens is 1. The molecule has 3 N–H and O–H groups in total. The van der Waals surface area contributed by atoms with E-state index in [1.54, 1.807) is 18.3 Å². The highest BCUT2D eigenvalue weighted by Gasteiger charge is 2.12. The predicted molar refractivity (Wildman–Crippen MR) is 78.3 cm³/mol. The van der Waals surface area contributed by atoms with E-state index in [1.165, 1.54) is 0 Å². The summed E-state index contributed by atoms with van der Waals surface area (Å²) < 4.78 is 5.85. The van der Waals surface area contributed by atoms with Crippen molar-refractivity contribution in [2.24, 2.45) is 0 Å². The van der Waals surface area contributed by atoms with Crippen LogP contribution in [0, 0.1) is 0 Å². The Morgan fingerprint density at radius 1 is 1.29 bits per heavy atom. The van der Waals surface area contributed by atoms with E-state index >= 15 is 0 Å². The van der Waals surface area contributed by atoms with Gasteiger partial charge in [-0.25, -0.2) is 0 Å². The number of hydrogen-bond donors (Lipinski definition) is 3. The number of aromatic amines is 1. The maximum Gasteiger partial charge on any atom is 0.235 e. The van der Waals surface area contributed by atoms with Gasteiger partial charge in [-0.05, 0) is 13.0 Å². The Kier molecular flexibility index (Phi) is 3.65. The summed E-state index contributed by atoms with van der Waals surface area (Å²) in [6.45, 7) is 2.56. The number of hydrogen-bond acceptors (Lipinski definition) is 6. The van der Waals surface area contributed by atoms with E-state index in [-0.39, 0.29) is 6.61 Å². The topological polar surface area (TPSA) is 96.0 Å². The Balaban J connectivity index is 2.04. The number of fused-ring (bicyclic) bond motifs is 1. The average molecular weight is 285 g/mol. The second-order valence-corrected chi connectivity index (χ2v) is 4.38. The van der Waals surface area contributed by atoms with Crippen molar-refractivity contribution >= 4 is 17.0 Å². The number of para-hydroxylation sites is 1. The molecule has 0 bridgehead atoms. The van der Waals surface area contributed by atoms with E-state index in [2.05, 4.69) is 25.5 Å². The molecule has 0 saturated carbocycles. The fourth-order valence-corrected chi connectivity index (χ4v) is 1.96. The van der Waals surface area contributed by atoms with Gasteiger partial charge in [-0.1, -0.05) is 18.2 Å². The Morgan fingerprint density at radius 2 is 2.14 bits per heavy atom. The zero-order valence-corrected chi connectivity index (χ0v) is 11.5. The van der Waals surface area contributed by atoms with Crippen LogP contribution in [0.15, 0.2) is 30.5 Å². The molecule has 0 radical (unpaired) electrons. The normalized spacial score (nSPS) is 10.8. The van der Waals surface area contributed by atoms with Gasteiger partial charge in [0.15, 0.2) is 5.65 Å². The Labute approximate surface area is 121 Å². The summed E-state index contributed by atoms with van der Waals surface area (Å²) in [4.78, 5) is 8.65. The first kappa shape index (κ1) is 13.3. The third kappa shape index (κ3) is 2.63. The van der Waals surface area contributed by atoms with E-state index in [4.69, 9.17) is 4.74 Å². The third-order valence-corrected chi connectivity index (χ3v) is 2.96. The molecule has 0 spiro atoms. The van der Waals surface area contributed by atoms with Crippen molar-refractivity contribution in [3.63, 3.8) is 0 Å². The number of aromatic nitrogens is 4. The van der Waals surface area contributed by atoms with Gasteiger partial charge in [0.1, 0.15) is 11.1 Å². The van der Waals surface area contributed by atoms with Gasteiger partial charge in [0.05, 0.1) is 12.8 Å². The smallest absolute Gasteiger partial charge is 0.235 e. The number of rotatable bonds is 5. The van der Waals surface area contributed by atoms with E-state index in [0.29, 0.717) is 40.7 Å². The van der Waals surface area contributed by atoms with Crippen LogP contribution in [0.2, 0.25) is 0 Å². The van der Waals surface area contributed by atoms with Crippen LogP contribution in [-0.2, 0) is 6.61 Å². The lowest BCUT2D eigenvalue weighted by atomic mass is 10.2. The molecule has 3 rings (SSSR count). The second kappa shape index (κ2) is 5.76. The van der Waals surface area contributed by atoms with Crippen molar-refractivity contribution in [2.45, 2.75) is 13.5 Å². The summed E-state index contributed by atoms with van der Waals surface area (Å²) in [6, 6.07) is 7.27. The lowest BCUT2D eigenvalue weighted by Crippen LogP contribution is -2.03. The molecule has 21 heavy (non-hydrogen) atoms. The first-order valence-corrected chi connectivity index (χ1v) is 6.63. The molecule has 0 fully saturated rings. The molecule has 0 aliphatic heterocycles. The minimum atomic E-state index is -0.101. The first-order chi connectivity index (χ1) is 10.3. The monoisotopic (exact) mass is 285 g/mol. The van der Waals surface area contributed by atoms with Crippen molar-refractivity contribution in [2.75, 3.05) is 11.9 Å².